The van der Waals surface area contributed by atoms with Crippen molar-refractivity contribution >= 4 is 24.0 Å². The maximum atomic E-state index is 10.2. The molecule has 0 amide bonds. The van der Waals surface area contributed by atoms with Gasteiger partial charge in [-0.2, -0.15) is 0 Å². The van der Waals surface area contributed by atoms with Crippen LogP contribution in [0.25, 0.3) is 16.1 Å². The van der Waals surface area contributed by atoms with Gasteiger partial charge in [-0.25, -0.2) is 15.0 Å². The van der Waals surface area contributed by atoms with Gasteiger partial charge in [0.15, 0.2) is 5.78 Å². The van der Waals surface area contributed by atoms with Crippen molar-refractivity contribution in [3.8, 4) is 6.01 Å². The molecule has 0 atom stereocenters. The van der Waals surface area contributed by atoms with E-state index in [0.29, 0.717) is 11.7 Å². The number of imidazole rings is 1. The number of fused-ring (bicyclic) bond motifs is 1. The van der Waals surface area contributed by atoms with Crippen molar-refractivity contribution in [3.05, 3.63) is 34.6 Å². The number of azide groups is 1. The van der Waals surface area contributed by atoms with Gasteiger partial charge in [0.25, 0.3) is 0 Å². The maximum Gasteiger partial charge on any atom is 0.302 e. The van der Waals surface area contributed by atoms with Crippen LogP contribution in [0.4, 0.5) is 0 Å². The second kappa shape index (κ2) is 8.39. The molecular formula is C14H16N8O2. The van der Waals surface area contributed by atoms with Crippen molar-refractivity contribution < 1.29 is 9.53 Å². The lowest BCUT2D eigenvalue weighted by Gasteiger charge is -2.09. The van der Waals surface area contributed by atoms with E-state index >= 15 is 0 Å². The molecule has 0 saturated carbocycles. The minimum Gasteiger partial charge on any atom is -0.462 e. The standard InChI is InChI=1S/C10H12N6O.C4H4N2O/c1-7(2)17-10-12-4-3-9-14-8(5-13-15-11)6-16(9)10;7-4-1-5-3-6-2-4/h3-4,6-7H,5H2,1-2H3;1,3H,2H2. The van der Waals surface area contributed by atoms with Gasteiger partial charge in [0.1, 0.15) is 18.5 Å². The third kappa shape index (κ3) is 4.89. The van der Waals surface area contributed by atoms with Gasteiger partial charge in [-0.3, -0.25) is 14.2 Å². The maximum absolute atomic E-state index is 10.2. The molecule has 2 aromatic rings. The molecule has 3 rings (SSSR count). The molecule has 1 aliphatic heterocycles. The van der Waals surface area contributed by atoms with Crippen LogP contribution in [-0.4, -0.2) is 45.4 Å². The Morgan fingerprint density at radius 2 is 2.33 bits per heavy atom. The topological polar surface area (TPSA) is 130 Å². The smallest absolute Gasteiger partial charge is 0.302 e. The van der Waals surface area contributed by atoms with E-state index in [1.54, 1.807) is 22.9 Å². The summed E-state index contributed by atoms with van der Waals surface area (Å²) in [6.07, 6.45) is 6.08. The fraction of sp³-hybridized carbons (Fsp3) is 0.357. The monoisotopic (exact) mass is 328 g/mol. The molecule has 10 heteroatoms. The summed E-state index contributed by atoms with van der Waals surface area (Å²) in [6, 6.07) is 2.25. The first kappa shape index (κ1) is 17.1. The van der Waals surface area contributed by atoms with Crippen LogP contribution in [0.15, 0.2) is 33.6 Å². The summed E-state index contributed by atoms with van der Waals surface area (Å²) >= 11 is 0. The van der Waals surface area contributed by atoms with Crippen molar-refractivity contribution in [3.63, 3.8) is 0 Å². The molecule has 0 fully saturated rings. The summed E-state index contributed by atoms with van der Waals surface area (Å²) in [7, 11) is 0. The molecular weight excluding hydrogens is 312 g/mol. The SMILES string of the molecule is CC(C)Oc1nccc2nc(CN=[N+]=[N-])cn12.O=C1C=NC=NC1. The lowest BCUT2D eigenvalue weighted by atomic mass is 10.4. The van der Waals surface area contributed by atoms with Crippen LogP contribution in [0, 0.1) is 0 Å². The number of aromatic nitrogens is 3. The van der Waals surface area contributed by atoms with Gasteiger partial charge in [0, 0.05) is 17.3 Å². The minimum absolute atomic E-state index is 0.0255. The highest BCUT2D eigenvalue weighted by Gasteiger charge is 2.07. The number of carbonyl (C=O) groups is 1. The van der Waals surface area contributed by atoms with Crippen LogP contribution < -0.4 is 4.74 Å². The second-order valence-electron chi connectivity index (χ2n) is 4.94. The Bertz CT molecular complexity index is 817. The number of aliphatic imine (C=N–C) groups is 2. The molecule has 0 spiro atoms. The highest BCUT2D eigenvalue weighted by molar-refractivity contribution is 6.30. The van der Waals surface area contributed by atoms with Crippen molar-refractivity contribution in [2.24, 2.45) is 15.1 Å². The number of nitrogens with zero attached hydrogens (tertiary/aromatic N) is 8. The van der Waals surface area contributed by atoms with Crippen LogP contribution in [0.3, 0.4) is 0 Å². The Morgan fingerprint density at radius 1 is 1.50 bits per heavy atom. The number of hydrogen-bond acceptors (Lipinski definition) is 7. The minimum atomic E-state index is -0.0255. The van der Waals surface area contributed by atoms with E-state index in [1.165, 1.54) is 12.6 Å². The van der Waals surface area contributed by atoms with Gasteiger partial charge in [-0.05, 0) is 25.4 Å². The molecule has 24 heavy (non-hydrogen) atoms. The molecule has 0 unspecified atom stereocenters. The van der Waals surface area contributed by atoms with Gasteiger partial charge in [0.05, 0.1) is 24.6 Å². The normalized spacial score (nSPS) is 12.7. The Morgan fingerprint density at radius 3 is 2.92 bits per heavy atom. The number of ether oxygens (including phenoxy) is 1. The number of hydrogen-bond donors (Lipinski definition) is 0. The molecule has 1 aliphatic rings. The predicted molar refractivity (Wildman–Crippen MR) is 88.5 cm³/mol. The first-order chi connectivity index (χ1) is 11.6. The van der Waals surface area contributed by atoms with Crippen LogP contribution in [0.1, 0.15) is 19.5 Å². The van der Waals surface area contributed by atoms with Crippen LogP contribution in [0.5, 0.6) is 6.01 Å². The molecule has 0 N–H and O–H groups in total. The summed E-state index contributed by atoms with van der Waals surface area (Å²) < 4.78 is 7.29. The number of rotatable bonds is 4. The highest BCUT2D eigenvalue weighted by Crippen LogP contribution is 2.14. The average molecular weight is 328 g/mol. The van der Waals surface area contributed by atoms with E-state index in [0.717, 1.165) is 5.65 Å². The Hall–Kier alpha value is -3.26. The summed E-state index contributed by atoms with van der Waals surface area (Å²) in [5, 5.41) is 3.47. The molecule has 124 valence electrons. The zero-order valence-corrected chi connectivity index (χ0v) is 13.3. The molecule has 0 radical (unpaired) electrons. The molecule has 10 nitrogen and oxygen atoms in total. The fourth-order valence-electron chi connectivity index (χ4n) is 1.76. The van der Waals surface area contributed by atoms with E-state index in [9.17, 15) is 4.79 Å². The summed E-state index contributed by atoms with van der Waals surface area (Å²) in [6.45, 7) is 4.35. The van der Waals surface area contributed by atoms with Gasteiger partial charge in [-0.1, -0.05) is 5.11 Å². The van der Waals surface area contributed by atoms with E-state index in [-0.39, 0.29) is 25.0 Å². The lowest BCUT2D eigenvalue weighted by Crippen LogP contribution is -2.09. The lowest BCUT2D eigenvalue weighted by molar-refractivity contribution is -0.111. The Kier molecular flexibility index (Phi) is 5.98. The largest absolute Gasteiger partial charge is 0.462 e. The van der Waals surface area contributed by atoms with E-state index in [4.69, 9.17) is 10.3 Å². The third-order valence-corrected chi connectivity index (χ3v) is 2.65. The molecule has 0 saturated heterocycles. The summed E-state index contributed by atoms with van der Waals surface area (Å²) in [5.41, 5.74) is 9.67. The Labute approximate surface area is 137 Å². The first-order valence-electron chi connectivity index (χ1n) is 7.15. The predicted octanol–water partition coefficient (Wildman–Crippen LogP) is 1.99. The van der Waals surface area contributed by atoms with Crippen molar-refractivity contribution in [2.75, 3.05) is 6.54 Å². The van der Waals surface area contributed by atoms with Gasteiger partial charge in [0.2, 0.25) is 0 Å². The zero-order valence-electron chi connectivity index (χ0n) is 13.3. The van der Waals surface area contributed by atoms with E-state index in [1.807, 2.05) is 13.8 Å². The van der Waals surface area contributed by atoms with E-state index in [2.05, 4.69) is 30.0 Å². The van der Waals surface area contributed by atoms with Crippen LogP contribution >= 0.6 is 0 Å². The number of carbonyl (C=O) groups excluding carboxylic acids is 1. The van der Waals surface area contributed by atoms with E-state index < -0.39 is 0 Å². The Balaban J connectivity index is 0.000000249. The molecule has 3 heterocycles. The molecule has 2 aromatic heterocycles. The fourth-order valence-corrected chi connectivity index (χ4v) is 1.76. The summed E-state index contributed by atoms with van der Waals surface area (Å²) in [4.78, 5) is 28.4. The number of Topliss-reactive ketones (excluding diaryl/α,β-unsaturated/α-hetero) is 1. The molecule has 0 bridgehead atoms. The number of ketones is 1. The molecule has 0 aliphatic carbocycles. The van der Waals surface area contributed by atoms with Crippen LogP contribution in [0.2, 0.25) is 0 Å². The quantitative estimate of drug-likeness (QED) is 0.482. The second-order valence-corrected chi connectivity index (χ2v) is 4.94. The highest BCUT2D eigenvalue weighted by atomic mass is 16.5. The first-order valence-corrected chi connectivity index (χ1v) is 7.15. The van der Waals surface area contributed by atoms with Gasteiger partial charge < -0.3 is 4.74 Å². The average Bonchev–Trinajstić information content (AvgIpc) is 2.98. The molecule has 0 aromatic carbocycles. The zero-order chi connectivity index (χ0) is 17.4. The third-order valence-electron chi connectivity index (χ3n) is 2.65. The van der Waals surface area contributed by atoms with Crippen LogP contribution in [-0.2, 0) is 11.3 Å². The van der Waals surface area contributed by atoms with Gasteiger partial charge >= 0.3 is 6.01 Å². The summed E-state index contributed by atoms with van der Waals surface area (Å²) in [5.74, 6) is -0.0255. The van der Waals surface area contributed by atoms with Gasteiger partial charge in [-0.15, -0.1) is 0 Å². The van der Waals surface area contributed by atoms with Crippen molar-refractivity contribution in [1.82, 2.24) is 14.4 Å². The van der Waals surface area contributed by atoms with Crippen molar-refractivity contribution in [1.29, 1.82) is 0 Å². The van der Waals surface area contributed by atoms with Crippen molar-refractivity contribution in [2.45, 2.75) is 26.5 Å².